The first-order valence-electron chi connectivity index (χ1n) is 10.3. The zero-order valence-corrected chi connectivity index (χ0v) is 17.4. The number of rotatable bonds is 5. The number of nitrogens with zero attached hydrogens (tertiary/aromatic N) is 4. The summed E-state index contributed by atoms with van der Waals surface area (Å²) in [6, 6.07) is 11.9. The van der Waals surface area contributed by atoms with E-state index in [9.17, 15) is 9.59 Å². The van der Waals surface area contributed by atoms with Gasteiger partial charge < -0.3 is 9.32 Å². The van der Waals surface area contributed by atoms with Crippen LogP contribution in [-0.2, 0) is 17.8 Å². The van der Waals surface area contributed by atoms with Gasteiger partial charge in [0.25, 0.3) is 0 Å². The molecule has 1 fully saturated rings. The molecule has 0 N–H and O–H groups in total. The molecule has 1 saturated heterocycles. The number of carbonyl (C=O) groups excluding carboxylic acids is 1. The van der Waals surface area contributed by atoms with Crippen LogP contribution in [-0.4, -0.2) is 38.4 Å². The van der Waals surface area contributed by atoms with Gasteiger partial charge in [-0.25, -0.2) is 9.78 Å². The monoisotopic (exact) mass is 406 g/mol. The minimum atomic E-state index is -0.382. The summed E-state index contributed by atoms with van der Waals surface area (Å²) in [5.74, 6) is 1.50. The van der Waals surface area contributed by atoms with E-state index in [2.05, 4.69) is 22.1 Å². The Labute approximate surface area is 175 Å². The highest BCUT2D eigenvalue weighted by molar-refractivity contribution is 5.76. The van der Waals surface area contributed by atoms with Gasteiger partial charge in [0.2, 0.25) is 5.91 Å². The number of oxazole rings is 1. The average Bonchev–Trinajstić information content (AvgIpc) is 3.20. The average molecular weight is 406 g/mol. The van der Waals surface area contributed by atoms with E-state index in [4.69, 9.17) is 4.42 Å². The van der Waals surface area contributed by atoms with Crippen molar-refractivity contribution >= 4 is 5.91 Å². The van der Waals surface area contributed by atoms with E-state index >= 15 is 0 Å². The van der Waals surface area contributed by atoms with Crippen molar-refractivity contribution in [2.75, 3.05) is 13.1 Å². The lowest BCUT2D eigenvalue weighted by molar-refractivity contribution is -0.133. The minimum Gasteiger partial charge on any atom is -0.445 e. The Morgan fingerprint density at radius 3 is 2.80 bits per heavy atom. The largest absolute Gasteiger partial charge is 0.445 e. The second kappa shape index (κ2) is 8.65. The molecule has 1 aliphatic rings. The Morgan fingerprint density at radius 2 is 2.03 bits per heavy atom. The molecule has 30 heavy (non-hydrogen) atoms. The molecule has 7 heteroatoms. The molecule has 1 atom stereocenters. The minimum absolute atomic E-state index is 0.00943. The lowest BCUT2D eigenvalue weighted by Crippen LogP contribution is -2.42. The first-order chi connectivity index (χ1) is 14.5. The summed E-state index contributed by atoms with van der Waals surface area (Å²) in [5.41, 5.74) is 2.20. The zero-order valence-electron chi connectivity index (χ0n) is 17.4. The van der Waals surface area contributed by atoms with Crippen LogP contribution in [0.2, 0.25) is 0 Å². The summed E-state index contributed by atoms with van der Waals surface area (Å²) in [4.78, 5) is 35.3. The van der Waals surface area contributed by atoms with E-state index in [-0.39, 0.29) is 24.1 Å². The van der Waals surface area contributed by atoms with E-state index in [1.165, 1.54) is 10.1 Å². The van der Waals surface area contributed by atoms with Crippen LogP contribution in [0.25, 0.3) is 0 Å². The van der Waals surface area contributed by atoms with Crippen LogP contribution in [0.3, 0.4) is 0 Å². The van der Waals surface area contributed by atoms with Gasteiger partial charge in [0.05, 0.1) is 12.1 Å². The van der Waals surface area contributed by atoms with E-state index in [1.807, 2.05) is 31.2 Å². The molecule has 1 amide bonds. The smallest absolute Gasteiger partial charge is 0.348 e. The highest BCUT2D eigenvalue weighted by Gasteiger charge is 2.28. The van der Waals surface area contributed by atoms with Crippen LogP contribution in [0, 0.1) is 13.8 Å². The molecular weight excluding hydrogens is 380 g/mol. The standard InChI is InChI=1S/C23H26N4O3/c1-16-11-17(2)27(23(29)25-16)15-21(28)26-10-6-9-19(14-26)22-24-13-20(30-22)12-18-7-4-3-5-8-18/h3-5,7-8,11,13,19H,6,9-10,12,14-15H2,1-2H3/t19-/m1/s1. The Kier molecular flexibility index (Phi) is 5.79. The number of hydrogen-bond donors (Lipinski definition) is 0. The summed E-state index contributed by atoms with van der Waals surface area (Å²) in [5, 5.41) is 0. The van der Waals surface area contributed by atoms with Gasteiger partial charge in [-0.1, -0.05) is 30.3 Å². The number of likely N-dealkylation sites (tertiary alicyclic amines) is 1. The fourth-order valence-electron chi connectivity index (χ4n) is 4.00. The molecule has 3 aromatic rings. The van der Waals surface area contributed by atoms with Gasteiger partial charge in [0.1, 0.15) is 12.3 Å². The van der Waals surface area contributed by atoms with Crippen molar-refractivity contribution in [2.24, 2.45) is 0 Å². The number of aryl methyl sites for hydroxylation is 2. The van der Waals surface area contributed by atoms with Crippen LogP contribution < -0.4 is 5.69 Å². The van der Waals surface area contributed by atoms with Crippen molar-refractivity contribution in [2.45, 2.75) is 45.6 Å². The first-order valence-corrected chi connectivity index (χ1v) is 10.3. The summed E-state index contributed by atoms with van der Waals surface area (Å²) < 4.78 is 7.44. The highest BCUT2D eigenvalue weighted by atomic mass is 16.4. The van der Waals surface area contributed by atoms with Gasteiger partial charge in [0.15, 0.2) is 5.89 Å². The summed E-state index contributed by atoms with van der Waals surface area (Å²) in [7, 11) is 0. The molecule has 0 bridgehead atoms. The molecule has 3 heterocycles. The number of aromatic nitrogens is 3. The van der Waals surface area contributed by atoms with Gasteiger partial charge in [-0.05, 0) is 38.3 Å². The van der Waals surface area contributed by atoms with E-state index < -0.39 is 0 Å². The third-order valence-electron chi connectivity index (χ3n) is 5.56. The van der Waals surface area contributed by atoms with Crippen molar-refractivity contribution in [3.05, 3.63) is 81.7 Å². The van der Waals surface area contributed by atoms with Crippen LogP contribution in [0.15, 0.2) is 51.8 Å². The van der Waals surface area contributed by atoms with Crippen LogP contribution >= 0.6 is 0 Å². The molecule has 0 aliphatic carbocycles. The normalized spacial score (nSPS) is 16.6. The Morgan fingerprint density at radius 1 is 1.23 bits per heavy atom. The van der Waals surface area contributed by atoms with Gasteiger partial charge in [0, 0.05) is 30.9 Å². The molecule has 0 unspecified atom stereocenters. The molecule has 0 radical (unpaired) electrons. The lowest BCUT2D eigenvalue weighted by Gasteiger charge is -2.31. The molecule has 7 nitrogen and oxygen atoms in total. The van der Waals surface area contributed by atoms with Crippen LogP contribution in [0.5, 0.6) is 0 Å². The predicted octanol–water partition coefficient (Wildman–Crippen LogP) is 2.85. The molecule has 2 aromatic heterocycles. The fraction of sp³-hybridized carbons (Fsp3) is 0.391. The molecule has 1 aliphatic heterocycles. The number of hydrogen-bond acceptors (Lipinski definition) is 5. The zero-order chi connectivity index (χ0) is 21.1. The fourth-order valence-corrected chi connectivity index (χ4v) is 4.00. The quantitative estimate of drug-likeness (QED) is 0.651. The maximum Gasteiger partial charge on any atom is 0.348 e. The summed E-state index contributed by atoms with van der Waals surface area (Å²) in [6.07, 6.45) is 4.29. The van der Waals surface area contributed by atoms with E-state index in [0.29, 0.717) is 31.1 Å². The van der Waals surface area contributed by atoms with Crippen LogP contribution in [0.1, 0.15) is 47.4 Å². The third kappa shape index (κ3) is 4.50. The number of benzene rings is 1. The Balaban J connectivity index is 1.42. The predicted molar refractivity (Wildman–Crippen MR) is 112 cm³/mol. The van der Waals surface area contributed by atoms with Crippen molar-refractivity contribution in [3.63, 3.8) is 0 Å². The van der Waals surface area contributed by atoms with Gasteiger partial charge in [-0.3, -0.25) is 9.36 Å². The number of amides is 1. The topological polar surface area (TPSA) is 81.2 Å². The molecule has 0 saturated carbocycles. The first kappa shape index (κ1) is 20.1. The van der Waals surface area contributed by atoms with Crippen molar-refractivity contribution in [1.29, 1.82) is 0 Å². The van der Waals surface area contributed by atoms with Crippen molar-refractivity contribution in [3.8, 4) is 0 Å². The molecule has 1 aromatic carbocycles. The lowest BCUT2D eigenvalue weighted by atomic mass is 9.98. The van der Waals surface area contributed by atoms with Crippen molar-refractivity contribution < 1.29 is 9.21 Å². The summed E-state index contributed by atoms with van der Waals surface area (Å²) >= 11 is 0. The Bertz CT molecular complexity index is 1090. The SMILES string of the molecule is Cc1cc(C)n(CC(=O)N2CCC[C@@H](c3ncc(Cc4ccccc4)o3)C2)c(=O)n1. The number of piperidine rings is 1. The Hall–Kier alpha value is -3.22. The van der Waals surface area contributed by atoms with E-state index in [0.717, 1.165) is 24.3 Å². The van der Waals surface area contributed by atoms with Gasteiger partial charge >= 0.3 is 5.69 Å². The second-order valence-electron chi connectivity index (χ2n) is 7.91. The third-order valence-corrected chi connectivity index (χ3v) is 5.56. The van der Waals surface area contributed by atoms with E-state index in [1.54, 1.807) is 18.0 Å². The number of carbonyl (C=O) groups is 1. The molecule has 0 spiro atoms. The molecular formula is C23H26N4O3. The van der Waals surface area contributed by atoms with Crippen LogP contribution in [0.4, 0.5) is 0 Å². The molecule has 156 valence electrons. The molecule has 4 rings (SSSR count). The summed E-state index contributed by atoms with van der Waals surface area (Å²) in [6.45, 7) is 4.84. The van der Waals surface area contributed by atoms with Gasteiger partial charge in [-0.15, -0.1) is 0 Å². The maximum absolute atomic E-state index is 12.9. The second-order valence-corrected chi connectivity index (χ2v) is 7.91. The van der Waals surface area contributed by atoms with Crippen molar-refractivity contribution in [1.82, 2.24) is 19.4 Å². The van der Waals surface area contributed by atoms with Gasteiger partial charge in [-0.2, -0.15) is 4.98 Å². The maximum atomic E-state index is 12.9. The highest BCUT2D eigenvalue weighted by Crippen LogP contribution is 2.27.